The van der Waals surface area contributed by atoms with Crippen LogP contribution in [0.2, 0.25) is 0 Å². The van der Waals surface area contributed by atoms with Gasteiger partial charge in [0.1, 0.15) is 0 Å². The Morgan fingerprint density at radius 3 is 2.07 bits per heavy atom. The third-order valence-corrected chi connectivity index (χ3v) is 3.56. The quantitative estimate of drug-likeness (QED) is 0.645. The number of hydrogen-bond acceptors (Lipinski definition) is 1. The van der Waals surface area contributed by atoms with Crippen LogP contribution >= 0.6 is 11.3 Å². The summed E-state index contributed by atoms with van der Waals surface area (Å²) in [5.74, 6) is 0. The molecule has 2 rings (SSSR count). The van der Waals surface area contributed by atoms with Gasteiger partial charge in [-0.3, -0.25) is 0 Å². The van der Waals surface area contributed by atoms with E-state index in [4.69, 9.17) is 0 Å². The van der Waals surface area contributed by atoms with Crippen molar-refractivity contribution in [1.29, 1.82) is 0 Å². The van der Waals surface area contributed by atoms with Crippen LogP contribution < -0.4 is 0 Å². The minimum Gasteiger partial charge on any atom is -0.140 e. The second kappa shape index (κ2) is 3.58. The fourth-order valence-electron chi connectivity index (χ4n) is 1.63. The summed E-state index contributed by atoms with van der Waals surface area (Å²) in [6.07, 6.45) is 0. The Hall–Kier alpha value is -1.08. The number of benzene rings is 1. The van der Waals surface area contributed by atoms with Crippen molar-refractivity contribution >= 4 is 11.3 Å². The maximum absolute atomic E-state index is 2.25. The minimum absolute atomic E-state index is 1.32. The lowest BCUT2D eigenvalue weighted by atomic mass is 10.1. The third-order valence-electron chi connectivity index (χ3n) is 2.35. The van der Waals surface area contributed by atoms with E-state index < -0.39 is 0 Å². The molecule has 0 saturated heterocycles. The molecule has 0 nitrogen and oxygen atoms in total. The van der Waals surface area contributed by atoms with Gasteiger partial charge in [0.15, 0.2) is 0 Å². The first-order valence-electron chi connectivity index (χ1n) is 4.81. The van der Waals surface area contributed by atoms with Crippen LogP contribution in [0.4, 0.5) is 0 Å². The van der Waals surface area contributed by atoms with Crippen molar-refractivity contribution in [2.75, 3.05) is 0 Å². The summed E-state index contributed by atoms with van der Waals surface area (Å²) >= 11 is 1.87. The first-order chi connectivity index (χ1) is 6.66. The molecule has 14 heavy (non-hydrogen) atoms. The summed E-state index contributed by atoms with van der Waals surface area (Å²) in [5.41, 5.74) is 4.04. The van der Waals surface area contributed by atoms with Gasteiger partial charge in [-0.2, -0.15) is 0 Å². The number of rotatable bonds is 1. The first-order valence-corrected chi connectivity index (χ1v) is 5.62. The van der Waals surface area contributed by atoms with Gasteiger partial charge in [0, 0.05) is 9.75 Å². The molecule has 0 bridgehead atoms. The Kier molecular flexibility index (Phi) is 2.42. The summed E-state index contributed by atoms with van der Waals surface area (Å²) in [6, 6.07) is 11.0. The van der Waals surface area contributed by atoms with Gasteiger partial charge in [-0.1, -0.05) is 29.8 Å². The highest BCUT2D eigenvalue weighted by molar-refractivity contribution is 7.15. The van der Waals surface area contributed by atoms with Crippen LogP contribution in [0.25, 0.3) is 10.4 Å². The normalized spacial score (nSPS) is 10.5. The molecule has 72 valence electrons. The van der Waals surface area contributed by atoms with Crippen LogP contribution in [0.3, 0.4) is 0 Å². The zero-order valence-electron chi connectivity index (χ0n) is 8.79. The van der Waals surface area contributed by atoms with Gasteiger partial charge in [-0.15, -0.1) is 11.3 Å². The molecule has 2 aromatic rings. The van der Waals surface area contributed by atoms with Gasteiger partial charge in [0.05, 0.1) is 0 Å². The van der Waals surface area contributed by atoms with Crippen molar-refractivity contribution in [3.63, 3.8) is 0 Å². The summed E-state index contributed by atoms with van der Waals surface area (Å²) < 4.78 is 0. The average molecular weight is 202 g/mol. The van der Waals surface area contributed by atoms with Gasteiger partial charge in [0.25, 0.3) is 0 Å². The molecule has 0 fully saturated rings. The van der Waals surface area contributed by atoms with Crippen LogP contribution in [-0.4, -0.2) is 0 Å². The van der Waals surface area contributed by atoms with Crippen molar-refractivity contribution in [3.8, 4) is 10.4 Å². The van der Waals surface area contributed by atoms with E-state index >= 15 is 0 Å². The van der Waals surface area contributed by atoms with E-state index in [2.05, 4.69) is 51.1 Å². The van der Waals surface area contributed by atoms with Gasteiger partial charge in [0.2, 0.25) is 0 Å². The van der Waals surface area contributed by atoms with Crippen molar-refractivity contribution in [1.82, 2.24) is 0 Å². The fraction of sp³-hybridized carbons (Fsp3) is 0.231. The van der Waals surface area contributed by atoms with Gasteiger partial charge in [-0.25, -0.2) is 0 Å². The second-order valence-corrected chi connectivity index (χ2v) is 4.99. The second-order valence-electron chi connectivity index (χ2n) is 3.74. The molecule has 0 atom stereocenters. The van der Waals surface area contributed by atoms with Crippen molar-refractivity contribution in [2.24, 2.45) is 0 Å². The predicted octanol–water partition coefficient (Wildman–Crippen LogP) is 4.34. The largest absolute Gasteiger partial charge is 0.140 e. The molecular weight excluding hydrogens is 188 g/mol. The van der Waals surface area contributed by atoms with E-state index in [1.807, 2.05) is 11.3 Å². The van der Waals surface area contributed by atoms with Crippen LogP contribution in [0.5, 0.6) is 0 Å². The standard InChI is InChI=1S/C13H14S/c1-9-4-6-12(7-5-9)13-10(2)8-11(3)14-13/h4-8H,1-3H3. The van der Waals surface area contributed by atoms with Gasteiger partial charge in [-0.05, 0) is 38.0 Å². The van der Waals surface area contributed by atoms with Crippen molar-refractivity contribution < 1.29 is 0 Å². The van der Waals surface area contributed by atoms with E-state index in [0.717, 1.165) is 0 Å². The Labute approximate surface area is 89.2 Å². The molecule has 0 aliphatic rings. The molecule has 1 aromatic heterocycles. The fourth-order valence-corrected chi connectivity index (χ4v) is 2.66. The van der Waals surface area contributed by atoms with Crippen LogP contribution in [0.1, 0.15) is 16.0 Å². The van der Waals surface area contributed by atoms with Gasteiger partial charge >= 0.3 is 0 Å². The van der Waals surface area contributed by atoms with Crippen LogP contribution in [0, 0.1) is 20.8 Å². The van der Waals surface area contributed by atoms with Crippen LogP contribution in [-0.2, 0) is 0 Å². The molecular formula is C13H14S. The molecule has 0 radical (unpaired) electrons. The monoisotopic (exact) mass is 202 g/mol. The molecule has 1 aromatic carbocycles. The molecule has 0 unspecified atom stereocenters. The summed E-state index contributed by atoms with van der Waals surface area (Å²) in [4.78, 5) is 2.79. The van der Waals surface area contributed by atoms with Crippen molar-refractivity contribution in [2.45, 2.75) is 20.8 Å². The maximum Gasteiger partial charge on any atom is 0.0374 e. The lowest BCUT2D eigenvalue weighted by molar-refractivity contribution is 1.46. The molecule has 0 amide bonds. The highest BCUT2D eigenvalue weighted by Crippen LogP contribution is 2.31. The Morgan fingerprint density at radius 1 is 0.929 bits per heavy atom. The van der Waals surface area contributed by atoms with Gasteiger partial charge < -0.3 is 0 Å². The Bertz CT molecular complexity index is 435. The van der Waals surface area contributed by atoms with Crippen LogP contribution in [0.15, 0.2) is 30.3 Å². The summed E-state index contributed by atoms with van der Waals surface area (Å²) in [7, 11) is 0. The number of thiophene rings is 1. The molecule has 0 saturated carbocycles. The maximum atomic E-state index is 2.25. The van der Waals surface area contributed by atoms with Crippen molar-refractivity contribution in [3.05, 3.63) is 46.3 Å². The molecule has 0 N–H and O–H groups in total. The number of hydrogen-bond donors (Lipinski definition) is 0. The van der Waals surface area contributed by atoms with E-state index in [1.54, 1.807) is 0 Å². The Morgan fingerprint density at radius 2 is 1.57 bits per heavy atom. The molecule has 0 aliphatic carbocycles. The minimum atomic E-state index is 1.32. The predicted molar refractivity (Wildman–Crippen MR) is 64.0 cm³/mol. The zero-order chi connectivity index (χ0) is 10.1. The molecule has 1 heterocycles. The highest BCUT2D eigenvalue weighted by Gasteiger charge is 2.04. The summed E-state index contributed by atoms with van der Waals surface area (Å²) in [5, 5.41) is 0. The van der Waals surface area contributed by atoms with E-state index in [0.29, 0.717) is 0 Å². The smallest absolute Gasteiger partial charge is 0.0374 e. The van der Waals surface area contributed by atoms with E-state index in [9.17, 15) is 0 Å². The molecule has 0 aliphatic heterocycles. The first kappa shape index (κ1) is 9.47. The zero-order valence-corrected chi connectivity index (χ0v) is 9.61. The topological polar surface area (TPSA) is 0 Å². The molecule has 1 heteroatoms. The lowest BCUT2D eigenvalue weighted by Gasteiger charge is -1.99. The van der Waals surface area contributed by atoms with E-state index in [-0.39, 0.29) is 0 Å². The summed E-state index contributed by atoms with van der Waals surface area (Å²) in [6.45, 7) is 6.46. The third kappa shape index (κ3) is 1.73. The van der Waals surface area contributed by atoms with E-state index in [1.165, 1.54) is 26.4 Å². The number of aryl methyl sites for hydroxylation is 3. The SMILES string of the molecule is Cc1ccc(-c2sc(C)cc2C)cc1. The Balaban J connectivity index is 2.49. The highest BCUT2D eigenvalue weighted by atomic mass is 32.1. The average Bonchev–Trinajstić information content (AvgIpc) is 2.47. The molecule has 0 spiro atoms. The lowest BCUT2D eigenvalue weighted by Crippen LogP contribution is -1.76.